The lowest BCUT2D eigenvalue weighted by molar-refractivity contribution is -0.123. The average Bonchev–Trinajstić information content (AvgIpc) is 2.89. The van der Waals surface area contributed by atoms with Crippen molar-refractivity contribution in [3.05, 3.63) is 84.4 Å². The Morgan fingerprint density at radius 3 is 2.31 bits per heavy atom. The summed E-state index contributed by atoms with van der Waals surface area (Å²) in [6, 6.07) is 25.9. The van der Waals surface area contributed by atoms with Crippen molar-refractivity contribution >= 4 is 17.5 Å². The van der Waals surface area contributed by atoms with Crippen LogP contribution in [0.25, 0.3) is 11.1 Å². The topological polar surface area (TPSA) is 84.7 Å². The highest BCUT2D eigenvalue weighted by atomic mass is 16.5. The van der Waals surface area contributed by atoms with Crippen LogP contribution in [0.1, 0.15) is 24.8 Å². The quantitative estimate of drug-likeness (QED) is 0.456. The minimum atomic E-state index is -0.175. The number of amides is 2. The molecule has 0 unspecified atom stereocenters. The van der Waals surface area contributed by atoms with E-state index in [0.717, 1.165) is 61.5 Å². The van der Waals surface area contributed by atoms with Crippen molar-refractivity contribution in [2.75, 3.05) is 31.6 Å². The third-order valence-electron chi connectivity index (χ3n) is 6.50. The van der Waals surface area contributed by atoms with Gasteiger partial charge in [-0.3, -0.25) is 9.59 Å². The standard InChI is InChI=1S/C29H33N3O3/c30-29(34)24-15-19-32(20-16-24)18-14-22-10-12-25(13-11-22)31-28(33)17-21-35-27-9-5-4-8-26(27)23-6-2-1-3-7-23/h1-13,24H,14-21H2,(H2,30,34)(H,31,33). The molecule has 3 N–H and O–H groups in total. The molecule has 6 heteroatoms. The van der Waals surface area contributed by atoms with Crippen LogP contribution < -0.4 is 15.8 Å². The largest absolute Gasteiger partial charge is 0.492 e. The predicted octanol–water partition coefficient (Wildman–Crippen LogP) is 4.50. The second-order valence-corrected chi connectivity index (χ2v) is 8.97. The lowest BCUT2D eigenvalue weighted by Crippen LogP contribution is -2.39. The van der Waals surface area contributed by atoms with Crippen LogP contribution in [0.5, 0.6) is 5.75 Å². The molecule has 0 radical (unpaired) electrons. The van der Waals surface area contributed by atoms with Gasteiger partial charge in [0.15, 0.2) is 0 Å². The molecular formula is C29H33N3O3. The highest BCUT2D eigenvalue weighted by Crippen LogP contribution is 2.29. The third-order valence-corrected chi connectivity index (χ3v) is 6.50. The van der Waals surface area contributed by atoms with Gasteiger partial charge in [0.05, 0.1) is 13.0 Å². The number of nitrogens with two attached hydrogens (primary N) is 1. The van der Waals surface area contributed by atoms with Crippen LogP contribution in [0, 0.1) is 5.92 Å². The van der Waals surface area contributed by atoms with Gasteiger partial charge < -0.3 is 20.7 Å². The van der Waals surface area contributed by atoms with E-state index in [4.69, 9.17) is 10.5 Å². The molecule has 1 aliphatic heterocycles. The fourth-order valence-corrected chi connectivity index (χ4v) is 4.41. The van der Waals surface area contributed by atoms with Crippen LogP contribution in [-0.2, 0) is 16.0 Å². The van der Waals surface area contributed by atoms with E-state index in [-0.39, 0.29) is 24.2 Å². The summed E-state index contributed by atoms with van der Waals surface area (Å²) < 4.78 is 5.94. The third kappa shape index (κ3) is 7.17. The molecule has 0 atom stereocenters. The van der Waals surface area contributed by atoms with E-state index in [2.05, 4.69) is 22.3 Å². The Kier molecular flexibility index (Phi) is 8.52. The average molecular weight is 472 g/mol. The van der Waals surface area contributed by atoms with Crippen molar-refractivity contribution in [1.82, 2.24) is 4.90 Å². The minimum absolute atomic E-state index is 0.0261. The Bertz CT molecular complexity index is 1110. The first-order valence-corrected chi connectivity index (χ1v) is 12.3. The molecule has 4 rings (SSSR count). The molecular weight excluding hydrogens is 438 g/mol. The van der Waals surface area contributed by atoms with Gasteiger partial charge in [-0.15, -0.1) is 0 Å². The monoisotopic (exact) mass is 471 g/mol. The number of carbonyl (C=O) groups is 2. The molecule has 0 saturated carbocycles. The number of nitrogens with zero attached hydrogens (tertiary/aromatic N) is 1. The summed E-state index contributed by atoms with van der Waals surface area (Å²) in [4.78, 5) is 26.1. The van der Waals surface area contributed by atoms with E-state index in [0.29, 0.717) is 6.61 Å². The number of primary amides is 1. The summed E-state index contributed by atoms with van der Waals surface area (Å²) in [5.74, 6) is 0.547. The lowest BCUT2D eigenvalue weighted by atomic mass is 9.96. The maximum absolute atomic E-state index is 12.4. The molecule has 3 aromatic rings. The molecule has 0 aromatic heterocycles. The summed E-state index contributed by atoms with van der Waals surface area (Å²) in [6.45, 7) is 3.10. The fourth-order valence-electron chi connectivity index (χ4n) is 4.41. The number of benzene rings is 3. The van der Waals surface area contributed by atoms with Gasteiger partial charge in [0, 0.05) is 23.7 Å². The molecule has 1 aliphatic rings. The van der Waals surface area contributed by atoms with Crippen molar-refractivity contribution in [3.63, 3.8) is 0 Å². The number of nitrogens with one attached hydrogen (secondary N) is 1. The fraction of sp³-hybridized carbons (Fsp3) is 0.310. The highest BCUT2D eigenvalue weighted by Gasteiger charge is 2.22. The Labute approximate surface area is 207 Å². The van der Waals surface area contributed by atoms with Crippen molar-refractivity contribution in [3.8, 4) is 16.9 Å². The number of hydrogen-bond donors (Lipinski definition) is 2. The van der Waals surface area contributed by atoms with E-state index in [1.807, 2.05) is 66.7 Å². The first-order valence-electron chi connectivity index (χ1n) is 12.3. The summed E-state index contributed by atoms with van der Waals surface area (Å²) in [7, 11) is 0. The Morgan fingerprint density at radius 1 is 0.914 bits per heavy atom. The second kappa shape index (κ2) is 12.2. The second-order valence-electron chi connectivity index (χ2n) is 8.97. The van der Waals surface area contributed by atoms with Gasteiger partial charge in [0.1, 0.15) is 5.75 Å². The maximum atomic E-state index is 12.4. The Morgan fingerprint density at radius 2 is 1.60 bits per heavy atom. The summed E-state index contributed by atoms with van der Waals surface area (Å²) in [6.07, 6.45) is 2.90. The molecule has 2 amide bonds. The van der Waals surface area contributed by atoms with Gasteiger partial charge in [0.25, 0.3) is 0 Å². The first-order chi connectivity index (χ1) is 17.1. The molecule has 0 bridgehead atoms. The summed E-state index contributed by atoms with van der Waals surface area (Å²) >= 11 is 0. The number of anilines is 1. The number of para-hydroxylation sites is 1. The van der Waals surface area contributed by atoms with Gasteiger partial charge in [0.2, 0.25) is 11.8 Å². The van der Waals surface area contributed by atoms with Crippen molar-refractivity contribution in [1.29, 1.82) is 0 Å². The van der Waals surface area contributed by atoms with E-state index >= 15 is 0 Å². The minimum Gasteiger partial charge on any atom is -0.492 e. The van der Waals surface area contributed by atoms with Crippen LogP contribution in [0.3, 0.4) is 0 Å². The molecule has 182 valence electrons. The number of rotatable bonds is 10. The smallest absolute Gasteiger partial charge is 0.227 e. The number of ether oxygens (including phenoxy) is 1. The number of carbonyl (C=O) groups excluding carboxylic acids is 2. The number of hydrogen-bond acceptors (Lipinski definition) is 4. The molecule has 35 heavy (non-hydrogen) atoms. The van der Waals surface area contributed by atoms with Crippen molar-refractivity contribution < 1.29 is 14.3 Å². The molecule has 1 heterocycles. The van der Waals surface area contributed by atoms with Crippen LogP contribution >= 0.6 is 0 Å². The number of piperidine rings is 1. The van der Waals surface area contributed by atoms with E-state index < -0.39 is 0 Å². The van der Waals surface area contributed by atoms with Crippen molar-refractivity contribution in [2.24, 2.45) is 11.7 Å². The van der Waals surface area contributed by atoms with Crippen LogP contribution in [0.2, 0.25) is 0 Å². The Hall–Kier alpha value is -3.64. The summed E-state index contributed by atoms with van der Waals surface area (Å²) in [5, 5.41) is 2.95. The SMILES string of the molecule is NC(=O)C1CCN(CCc2ccc(NC(=O)CCOc3ccccc3-c3ccccc3)cc2)CC1. The normalized spacial score (nSPS) is 14.4. The number of likely N-dealkylation sites (tertiary alicyclic amines) is 1. The molecule has 0 aliphatic carbocycles. The van der Waals surface area contributed by atoms with Gasteiger partial charge in [-0.1, -0.05) is 60.7 Å². The molecule has 1 fully saturated rings. The van der Waals surface area contributed by atoms with Gasteiger partial charge in [-0.25, -0.2) is 0 Å². The first kappa shape index (κ1) is 24.5. The van der Waals surface area contributed by atoms with E-state index in [9.17, 15) is 9.59 Å². The zero-order valence-electron chi connectivity index (χ0n) is 20.0. The van der Waals surface area contributed by atoms with Gasteiger partial charge >= 0.3 is 0 Å². The van der Waals surface area contributed by atoms with Gasteiger partial charge in [-0.05, 0) is 61.7 Å². The van der Waals surface area contributed by atoms with E-state index in [1.54, 1.807) is 0 Å². The molecule has 1 saturated heterocycles. The van der Waals surface area contributed by atoms with Crippen molar-refractivity contribution in [2.45, 2.75) is 25.7 Å². The Balaban J connectivity index is 1.19. The maximum Gasteiger partial charge on any atom is 0.227 e. The van der Waals surface area contributed by atoms with Crippen LogP contribution in [-0.4, -0.2) is 43.0 Å². The van der Waals surface area contributed by atoms with Gasteiger partial charge in [-0.2, -0.15) is 0 Å². The zero-order chi connectivity index (χ0) is 24.5. The highest BCUT2D eigenvalue weighted by molar-refractivity contribution is 5.90. The van der Waals surface area contributed by atoms with E-state index in [1.165, 1.54) is 5.56 Å². The lowest BCUT2D eigenvalue weighted by Gasteiger charge is -2.30. The summed E-state index contributed by atoms with van der Waals surface area (Å²) in [5.41, 5.74) is 9.52. The zero-order valence-corrected chi connectivity index (χ0v) is 20.0. The van der Waals surface area contributed by atoms with Crippen LogP contribution in [0.4, 0.5) is 5.69 Å². The molecule has 3 aromatic carbocycles. The molecule has 0 spiro atoms. The van der Waals surface area contributed by atoms with Crippen LogP contribution in [0.15, 0.2) is 78.9 Å². The molecule has 6 nitrogen and oxygen atoms in total. The predicted molar refractivity (Wildman–Crippen MR) is 139 cm³/mol.